The van der Waals surface area contributed by atoms with Gasteiger partial charge in [0.2, 0.25) is 0 Å². The Labute approximate surface area is 95.0 Å². The van der Waals surface area contributed by atoms with Crippen molar-refractivity contribution in [1.29, 1.82) is 0 Å². The molecular formula is C9H16Cl2N2O. The first-order valence-corrected chi connectivity index (χ1v) is 5.49. The molecule has 1 aliphatic heterocycles. The van der Waals surface area contributed by atoms with Crippen molar-refractivity contribution in [2.24, 2.45) is 0 Å². The van der Waals surface area contributed by atoms with Crippen LogP contribution in [-0.2, 0) is 4.74 Å². The topological polar surface area (TPSA) is 24.5 Å². The molecule has 3 nitrogen and oxygen atoms in total. The van der Waals surface area contributed by atoms with Crippen LogP contribution in [-0.4, -0.2) is 50.8 Å². The monoisotopic (exact) mass is 238 g/mol. The van der Waals surface area contributed by atoms with Gasteiger partial charge in [0.05, 0.1) is 12.7 Å². The maximum absolute atomic E-state index is 5.81. The lowest BCUT2D eigenvalue weighted by molar-refractivity contribution is 0.0117. The third kappa shape index (κ3) is 4.62. The number of likely N-dealkylation sites (N-methyl/N-ethyl adjacent to an activating group) is 1. The highest BCUT2D eigenvalue weighted by molar-refractivity contribution is 6.36. The van der Waals surface area contributed by atoms with Crippen molar-refractivity contribution in [2.45, 2.75) is 6.10 Å². The van der Waals surface area contributed by atoms with E-state index in [4.69, 9.17) is 27.9 Å². The van der Waals surface area contributed by atoms with Crippen molar-refractivity contribution in [1.82, 2.24) is 10.2 Å². The van der Waals surface area contributed by atoms with Crippen LogP contribution in [0.3, 0.4) is 0 Å². The second kappa shape index (κ2) is 6.64. The second-order valence-electron chi connectivity index (χ2n) is 3.45. The van der Waals surface area contributed by atoms with E-state index in [2.05, 4.69) is 10.2 Å². The molecule has 82 valence electrons. The molecule has 1 rings (SSSR count). The summed E-state index contributed by atoms with van der Waals surface area (Å²) in [6, 6.07) is 0. The zero-order chi connectivity index (χ0) is 10.4. The number of ether oxygens (including phenoxy) is 1. The van der Waals surface area contributed by atoms with Crippen LogP contribution in [0.15, 0.2) is 10.6 Å². The van der Waals surface area contributed by atoms with Crippen molar-refractivity contribution < 1.29 is 4.74 Å². The van der Waals surface area contributed by atoms with Gasteiger partial charge in [0, 0.05) is 36.7 Å². The predicted octanol–water partition coefficient (Wildman–Crippen LogP) is 1.23. The van der Waals surface area contributed by atoms with Crippen molar-refractivity contribution in [3.8, 4) is 0 Å². The van der Waals surface area contributed by atoms with Crippen molar-refractivity contribution in [2.75, 3.05) is 39.8 Å². The highest BCUT2D eigenvalue weighted by atomic mass is 35.5. The van der Waals surface area contributed by atoms with Crippen LogP contribution in [0.5, 0.6) is 0 Å². The Kier molecular flexibility index (Phi) is 5.82. The Morgan fingerprint density at radius 2 is 2.50 bits per heavy atom. The summed E-state index contributed by atoms with van der Waals surface area (Å²) in [6.07, 6.45) is 0.258. The molecule has 0 aliphatic carbocycles. The van der Waals surface area contributed by atoms with Gasteiger partial charge in [-0.25, -0.2) is 0 Å². The highest BCUT2D eigenvalue weighted by Gasteiger charge is 2.15. The van der Waals surface area contributed by atoms with Gasteiger partial charge in [-0.1, -0.05) is 23.2 Å². The Morgan fingerprint density at radius 3 is 3.07 bits per heavy atom. The number of rotatable bonds is 4. The molecular weight excluding hydrogens is 223 g/mol. The van der Waals surface area contributed by atoms with E-state index in [1.807, 2.05) is 7.05 Å². The Hall–Kier alpha value is 0.200. The molecule has 1 N–H and O–H groups in total. The predicted molar refractivity (Wildman–Crippen MR) is 59.9 cm³/mol. The molecule has 0 radical (unpaired) electrons. The average Bonchev–Trinajstić information content (AvgIpc) is 2.19. The lowest BCUT2D eigenvalue weighted by Crippen LogP contribution is -2.44. The minimum Gasteiger partial charge on any atom is -0.374 e. The summed E-state index contributed by atoms with van der Waals surface area (Å²) in [5, 5.41) is 3.93. The summed E-state index contributed by atoms with van der Waals surface area (Å²) >= 11 is 11.3. The third-order valence-electron chi connectivity index (χ3n) is 2.06. The van der Waals surface area contributed by atoms with Gasteiger partial charge in [0.15, 0.2) is 0 Å². The zero-order valence-corrected chi connectivity index (χ0v) is 9.81. The molecule has 14 heavy (non-hydrogen) atoms. The molecule has 0 spiro atoms. The van der Waals surface area contributed by atoms with Gasteiger partial charge >= 0.3 is 0 Å². The molecule has 1 unspecified atom stereocenters. The van der Waals surface area contributed by atoms with E-state index in [-0.39, 0.29) is 6.10 Å². The molecule has 0 aromatic rings. The third-order valence-corrected chi connectivity index (χ3v) is 2.66. The first-order valence-electron chi connectivity index (χ1n) is 4.68. The molecule has 1 fully saturated rings. The Bertz CT molecular complexity index is 193. The normalized spacial score (nSPS) is 24.3. The standard InChI is InChI=1S/C9H16Cl2N2O/c1-13(6-8(11)4-10)7-9-5-12-2-3-14-9/h4,9,12H,2-3,5-7H2,1H3. The van der Waals surface area contributed by atoms with Gasteiger partial charge in [-0.05, 0) is 7.05 Å². The van der Waals surface area contributed by atoms with Gasteiger partial charge in [-0.2, -0.15) is 0 Å². The summed E-state index contributed by atoms with van der Waals surface area (Å²) in [7, 11) is 2.00. The molecule has 1 atom stereocenters. The molecule has 1 heterocycles. The minimum absolute atomic E-state index is 0.258. The van der Waals surface area contributed by atoms with Crippen LogP contribution in [0.25, 0.3) is 0 Å². The average molecular weight is 239 g/mol. The fourth-order valence-electron chi connectivity index (χ4n) is 1.44. The highest BCUT2D eigenvalue weighted by Crippen LogP contribution is 2.06. The van der Waals surface area contributed by atoms with Crippen LogP contribution in [0.1, 0.15) is 0 Å². The largest absolute Gasteiger partial charge is 0.374 e. The van der Waals surface area contributed by atoms with E-state index in [1.54, 1.807) is 0 Å². The van der Waals surface area contributed by atoms with Crippen LogP contribution >= 0.6 is 23.2 Å². The summed E-state index contributed by atoms with van der Waals surface area (Å²) in [4.78, 5) is 2.10. The molecule has 0 bridgehead atoms. The second-order valence-corrected chi connectivity index (χ2v) is 4.15. The van der Waals surface area contributed by atoms with Gasteiger partial charge in [-0.15, -0.1) is 0 Å². The van der Waals surface area contributed by atoms with Crippen molar-refractivity contribution in [3.05, 3.63) is 10.6 Å². The van der Waals surface area contributed by atoms with Crippen LogP contribution < -0.4 is 5.32 Å². The summed E-state index contributed by atoms with van der Waals surface area (Å²) < 4.78 is 5.56. The number of morpholine rings is 1. The number of hydrogen-bond acceptors (Lipinski definition) is 3. The maximum Gasteiger partial charge on any atom is 0.0826 e. The molecule has 0 aromatic heterocycles. The van der Waals surface area contributed by atoms with Crippen molar-refractivity contribution in [3.63, 3.8) is 0 Å². The van der Waals surface area contributed by atoms with Crippen molar-refractivity contribution >= 4 is 23.2 Å². The Morgan fingerprint density at radius 1 is 1.71 bits per heavy atom. The lowest BCUT2D eigenvalue weighted by Gasteiger charge is -2.27. The fraction of sp³-hybridized carbons (Fsp3) is 0.778. The van der Waals surface area contributed by atoms with E-state index in [0.29, 0.717) is 11.6 Å². The van der Waals surface area contributed by atoms with Crippen LogP contribution in [0, 0.1) is 0 Å². The van der Waals surface area contributed by atoms with E-state index >= 15 is 0 Å². The number of halogens is 2. The van der Waals surface area contributed by atoms with E-state index in [9.17, 15) is 0 Å². The maximum atomic E-state index is 5.81. The van der Waals surface area contributed by atoms with Crippen LogP contribution in [0.2, 0.25) is 0 Å². The molecule has 0 saturated carbocycles. The van der Waals surface area contributed by atoms with E-state index < -0.39 is 0 Å². The van der Waals surface area contributed by atoms with Gasteiger partial charge in [0.1, 0.15) is 0 Å². The number of hydrogen-bond donors (Lipinski definition) is 1. The quantitative estimate of drug-likeness (QED) is 0.798. The van der Waals surface area contributed by atoms with E-state index in [1.165, 1.54) is 5.54 Å². The minimum atomic E-state index is 0.258. The van der Waals surface area contributed by atoms with E-state index in [0.717, 1.165) is 26.2 Å². The molecule has 1 saturated heterocycles. The fourth-order valence-corrected chi connectivity index (χ4v) is 1.71. The smallest absolute Gasteiger partial charge is 0.0826 e. The summed E-state index contributed by atoms with van der Waals surface area (Å²) in [6.45, 7) is 4.19. The number of nitrogens with zero attached hydrogens (tertiary/aromatic N) is 1. The Balaban J connectivity index is 2.21. The molecule has 5 heteroatoms. The summed E-state index contributed by atoms with van der Waals surface area (Å²) in [5.74, 6) is 0. The zero-order valence-electron chi connectivity index (χ0n) is 8.30. The lowest BCUT2D eigenvalue weighted by atomic mass is 10.3. The molecule has 0 aromatic carbocycles. The summed E-state index contributed by atoms with van der Waals surface area (Å²) in [5.41, 5.74) is 1.40. The molecule has 0 amide bonds. The first kappa shape index (κ1) is 12.3. The molecule has 1 aliphatic rings. The SMILES string of the molecule is CN(CC(Cl)=CCl)CC1CNCCO1. The van der Waals surface area contributed by atoms with Gasteiger partial charge in [0.25, 0.3) is 0 Å². The van der Waals surface area contributed by atoms with Gasteiger partial charge < -0.3 is 10.1 Å². The van der Waals surface area contributed by atoms with Gasteiger partial charge in [-0.3, -0.25) is 4.90 Å². The first-order chi connectivity index (χ1) is 6.72. The number of nitrogens with one attached hydrogen (secondary N) is 1. The van der Waals surface area contributed by atoms with Crippen LogP contribution in [0.4, 0.5) is 0 Å².